The van der Waals surface area contributed by atoms with Crippen LogP contribution in [0.3, 0.4) is 0 Å². The van der Waals surface area contributed by atoms with Crippen molar-refractivity contribution in [2.24, 2.45) is 0 Å². The molecule has 15 heteroatoms. The smallest absolute Gasteiger partial charge is 0.741 e. The Morgan fingerprint density at radius 2 is 0.706 bits per heavy atom. The summed E-state index contributed by atoms with van der Waals surface area (Å²) >= 11 is 0. The average Bonchev–Trinajstić information content (AvgIpc) is 1.77. The molecule has 17 heavy (non-hydrogen) atoms. The fourth-order valence-electron chi connectivity index (χ4n) is 0. The van der Waals surface area contributed by atoms with E-state index >= 15 is 0 Å². The van der Waals surface area contributed by atoms with E-state index in [0.29, 0.717) is 0 Å². The van der Waals surface area contributed by atoms with E-state index in [1.165, 1.54) is 0 Å². The van der Waals surface area contributed by atoms with Crippen LogP contribution in [0.5, 0.6) is 0 Å². The Bertz CT molecular complexity index is 374. The van der Waals surface area contributed by atoms with Crippen molar-refractivity contribution in [2.75, 3.05) is 0 Å². The largest absolute Gasteiger partial charge is 2.00 e. The fraction of sp³-hybridized carbons (Fsp3) is 1.00. The van der Waals surface area contributed by atoms with Crippen molar-refractivity contribution in [3.63, 3.8) is 0 Å². The van der Waals surface area contributed by atoms with Gasteiger partial charge < -0.3 is 9.11 Å². The summed E-state index contributed by atoms with van der Waals surface area (Å²) in [5.74, 6) is 0. The first-order valence-electron chi connectivity index (χ1n) is 2.54. The minimum atomic E-state index is -6.09. The molecule has 0 spiro atoms. The van der Waals surface area contributed by atoms with E-state index in [4.69, 9.17) is 25.9 Å². The second-order valence-electron chi connectivity index (χ2n) is 1.80. The molecule has 0 saturated heterocycles. The standard InChI is InChI=1S/2CHF3O3S.Tm/c2*2-1(3,4)8(5,6)7;/h2*(H,5,6,7);/q;;+2/p-2. The van der Waals surface area contributed by atoms with E-state index < -0.39 is 31.3 Å². The summed E-state index contributed by atoms with van der Waals surface area (Å²) in [7, 11) is -12.2. The van der Waals surface area contributed by atoms with Crippen molar-refractivity contribution >= 4 is 20.2 Å². The molecule has 0 aliphatic carbocycles. The van der Waals surface area contributed by atoms with Crippen LogP contribution in [0.15, 0.2) is 0 Å². The molecule has 0 aliphatic heterocycles. The Kier molecular flexibility index (Phi) is 8.98. The molecule has 0 atom stereocenters. The van der Waals surface area contributed by atoms with Gasteiger partial charge in [0.25, 0.3) is 0 Å². The monoisotopic (exact) mass is 467 g/mol. The van der Waals surface area contributed by atoms with Gasteiger partial charge in [-0.25, -0.2) is 16.8 Å². The predicted octanol–water partition coefficient (Wildman–Crippen LogP) is 0.103. The first kappa shape index (κ1) is 22.8. The number of rotatable bonds is 0. The van der Waals surface area contributed by atoms with Crippen LogP contribution in [0.4, 0.5) is 26.3 Å². The van der Waals surface area contributed by atoms with Crippen molar-refractivity contribution in [1.29, 1.82) is 0 Å². The van der Waals surface area contributed by atoms with Gasteiger partial charge in [-0.2, -0.15) is 26.3 Å². The van der Waals surface area contributed by atoms with Crippen LogP contribution in [0.1, 0.15) is 0 Å². The van der Waals surface area contributed by atoms with Gasteiger partial charge in [0.15, 0.2) is 20.2 Å². The Labute approximate surface area is 120 Å². The first-order chi connectivity index (χ1) is 6.50. The van der Waals surface area contributed by atoms with E-state index in [0.717, 1.165) is 0 Å². The zero-order valence-electron chi connectivity index (χ0n) is 6.81. The predicted molar refractivity (Wildman–Crippen MR) is 31.5 cm³/mol. The molecule has 0 unspecified atom stereocenters. The molecule has 6 nitrogen and oxygen atoms in total. The summed E-state index contributed by atoms with van der Waals surface area (Å²) in [5, 5.41) is 0. The number of alkyl halides is 6. The van der Waals surface area contributed by atoms with Gasteiger partial charge in [0.1, 0.15) is 0 Å². The van der Waals surface area contributed by atoms with Crippen LogP contribution < -0.4 is 0 Å². The SMILES string of the molecule is O=S(=O)([O-])C(F)(F)F.O=S(=O)([O-])C(F)(F)F.[Tm+2]. The Balaban J connectivity index is -0.000000218. The summed E-state index contributed by atoms with van der Waals surface area (Å²) in [6, 6.07) is 0. The number of hydrogen-bond donors (Lipinski definition) is 0. The Morgan fingerprint density at radius 1 is 0.647 bits per heavy atom. The van der Waals surface area contributed by atoms with Crippen molar-refractivity contribution in [1.82, 2.24) is 0 Å². The molecule has 0 rings (SSSR count). The van der Waals surface area contributed by atoms with Gasteiger partial charge in [0, 0.05) is 0 Å². The Morgan fingerprint density at radius 3 is 0.706 bits per heavy atom. The molecule has 0 aromatic carbocycles. The maximum absolute atomic E-state index is 10.7. The van der Waals surface area contributed by atoms with E-state index in [1.54, 1.807) is 0 Å². The van der Waals surface area contributed by atoms with Gasteiger partial charge in [0.2, 0.25) is 0 Å². The number of hydrogen-bond acceptors (Lipinski definition) is 6. The van der Waals surface area contributed by atoms with Gasteiger partial charge in [-0.15, -0.1) is 0 Å². The van der Waals surface area contributed by atoms with Gasteiger partial charge >= 0.3 is 47.9 Å². The molecule has 0 heterocycles. The van der Waals surface area contributed by atoms with Crippen molar-refractivity contribution in [3.05, 3.63) is 0 Å². The molecular formula is C2F6O6S2Tm. The molecule has 0 aromatic heterocycles. The zero-order valence-corrected chi connectivity index (χ0v) is 10.2. The van der Waals surface area contributed by atoms with E-state index in [2.05, 4.69) is 0 Å². The maximum Gasteiger partial charge on any atom is 2.00 e. The van der Waals surface area contributed by atoms with E-state index in [9.17, 15) is 26.3 Å². The summed E-state index contributed by atoms with van der Waals surface area (Å²) in [5.41, 5.74) is -11.3. The molecule has 0 amide bonds. The van der Waals surface area contributed by atoms with Gasteiger partial charge in [-0.1, -0.05) is 0 Å². The topological polar surface area (TPSA) is 114 Å². The second-order valence-corrected chi connectivity index (χ2v) is 4.54. The third-order valence-electron chi connectivity index (χ3n) is 0.567. The molecular weight excluding hydrogens is 467 g/mol. The van der Waals surface area contributed by atoms with Crippen molar-refractivity contribution < 1.29 is 89.2 Å². The quantitative estimate of drug-likeness (QED) is 0.284. The Hall–Kier alpha value is 0.634. The maximum atomic E-state index is 10.7. The summed E-state index contributed by atoms with van der Waals surface area (Å²) in [6.07, 6.45) is 0. The van der Waals surface area contributed by atoms with Crippen molar-refractivity contribution in [2.45, 2.75) is 11.0 Å². The molecule has 0 fully saturated rings. The van der Waals surface area contributed by atoms with Crippen LogP contribution in [0.25, 0.3) is 0 Å². The van der Waals surface area contributed by atoms with Crippen LogP contribution in [-0.2, 0) is 20.2 Å². The second kappa shape index (κ2) is 6.70. The molecule has 0 N–H and O–H groups in total. The van der Waals surface area contributed by atoms with Crippen LogP contribution >= 0.6 is 0 Å². The average molecular weight is 467 g/mol. The van der Waals surface area contributed by atoms with Crippen LogP contribution in [-0.4, -0.2) is 37.0 Å². The van der Waals surface area contributed by atoms with Gasteiger partial charge in [0.05, 0.1) is 0 Å². The molecule has 0 aromatic rings. The summed E-state index contributed by atoms with van der Waals surface area (Å²) < 4.78 is 118. The van der Waals surface area contributed by atoms with Gasteiger partial charge in [-0.3, -0.25) is 0 Å². The number of halogens is 6. The summed E-state index contributed by atoms with van der Waals surface area (Å²) in [6.45, 7) is 0. The first-order valence-corrected chi connectivity index (χ1v) is 5.36. The minimum absolute atomic E-state index is 0. The van der Waals surface area contributed by atoms with Crippen LogP contribution in [0.2, 0.25) is 0 Å². The molecule has 0 saturated carbocycles. The minimum Gasteiger partial charge on any atom is -0.741 e. The fourth-order valence-corrected chi connectivity index (χ4v) is 0. The van der Waals surface area contributed by atoms with E-state index in [-0.39, 0.29) is 36.9 Å². The molecule has 111 valence electrons. The van der Waals surface area contributed by atoms with Crippen LogP contribution in [0, 0.1) is 36.9 Å². The molecule has 1 radical (unpaired) electrons. The van der Waals surface area contributed by atoms with Gasteiger partial charge in [-0.05, 0) is 0 Å². The third kappa shape index (κ3) is 10.3. The third-order valence-corrected chi connectivity index (χ3v) is 1.70. The van der Waals surface area contributed by atoms with Crippen molar-refractivity contribution in [3.8, 4) is 0 Å². The zero-order chi connectivity index (χ0) is 14.0. The molecule has 0 bridgehead atoms. The normalized spacial score (nSPS) is 13.2. The molecule has 0 aliphatic rings. The van der Waals surface area contributed by atoms with E-state index in [1.807, 2.05) is 0 Å². The summed E-state index contributed by atoms with van der Waals surface area (Å²) in [4.78, 5) is 0.